The van der Waals surface area contributed by atoms with Crippen LogP contribution in [-0.4, -0.2) is 73.8 Å². The van der Waals surface area contributed by atoms with Crippen molar-refractivity contribution in [3.63, 3.8) is 0 Å². The minimum absolute atomic E-state index is 0.189. The van der Waals surface area contributed by atoms with Crippen LogP contribution in [0.25, 0.3) is 0 Å². The Labute approximate surface area is 217 Å². The molecule has 0 unspecified atom stereocenters. The first-order valence-corrected chi connectivity index (χ1v) is 13.1. The number of esters is 2. The lowest BCUT2D eigenvalue weighted by Gasteiger charge is -2.40. The molecule has 0 N–H and O–H groups in total. The lowest BCUT2D eigenvalue weighted by Crippen LogP contribution is -2.49. The fourth-order valence-corrected chi connectivity index (χ4v) is 7.10. The molecule has 1 spiro atoms. The second kappa shape index (κ2) is 8.63. The van der Waals surface area contributed by atoms with Gasteiger partial charge in [-0.05, 0) is 81.8 Å². The topological polar surface area (TPSA) is 92.8 Å². The molecule has 1 aromatic carbocycles. The van der Waals surface area contributed by atoms with E-state index >= 15 is 0 Å². The molecule has 37 heavy (non-hydrogen) atoms. The van der Waals surface area contributed by atoms with E-state index in [4.69, 9.17) is 28.4 Å². The molecule has 0 saturated carbocycles. The van der Waals surface area contributed by atoms with Gasteiger partial charge in [-0.1, -0.05) is 0 Å². The average molecular weight is 514 g/mol. The van der Waals surface area contributed by atoms with Crippen LogP contribution in [0, 0.1) is 0 Å². The Kier molecular flexibility index (Phi) is 5.73. The van der Waals surface area contributed by atoms with Gasteiger partial charge in [-0.2, -0.15) is 0 Å². The van der Waals surface area contributed by atoms with E-state index in [1.54, 1.807) is 7.11 Å². The molecule has 200 valence electrons. The van der Waals surface area contributed by atoms with E-state index in [0.29, 0.717) is 24.4 Å². The van der Waals surface area contributed by atoms with Gasteiger partial charge in [0.05, 0.1) is 37.7 Å². The highest BCUT2D eigenvalue weighted by molar-refractivity contribution is 5.86. The first-order chi connectivity index (χ1) is 17.7. The lowest BCUT2D eigenvalue weighted by atomic mass is 9.77. The molecule has 4 aliphatic heterocycles. The molecule has 5 aliphatic rings. The van der Waals surface area contributed by atoms with Crippen LogP contribution in [0.3, 0.4) is 0 Å². The summed E-state index contributed by atoms with van der Waals surface area (Å²) in [6, 6.07) is 4.12. The predicted molar refractivity (Wildman–Crippen MR) is 131 cm³/mol. The van der Waals surface area contributed by atoms with Crippen LogP contribution in [0.1, 0.15) is 63.0 Å². The van der Waals surface area contributed by atoms with Gasteiger partial charge in [0.1, 0.15) is 5.76 Å². The van der Waals surface area contributed by atoms with Gasteiger partial charge >= 0.3 is 11.9 Å². The number of carbonyl (C=O) groups excluding carboxylic acids is 2. The zero-order valence-electron chi connectivity index (χ0n) is 22.0. The van der Waals surface area contributed by atoms with Crippen LogP contribution in [-0.2, 0) is 35.0 Å². The van der Waals surface area contributed by atoms with Crippen molar-refractivity contribution in [3.05, 3.63) is 35.1 Å². The van der Waals surface area contributed by atoms with E-state index < -0.39 is 29.2 Å². The van der Waals surface area contributed by atoms with Gasteiger partial charge in [-0.25, -0.2) is 4.79 Å². The number of nitrogens with zero attached hydrogens (tertiary/aromatic N) is 1. The van der Waals surface area contributed by atoms with Crippen LogP contribution in [0.15, 0.2) is 24.0 Å². The van der Waals surface area contributed by atoms with Gasteiger partial charge in [-0.3, -0.25) is 9.69 Å². The van der Waals surface area contributed by atoms with E-state index in [1.165, 1.54) is 7.11 Å². The highest BCUT2D eigenvalue weighted by Gasteiger charge is 2.60. The minimum atomic E-state index is -1.40. The third-order valence-corrected chi connectivity index (χ3v) is 8.83. The molecule has 2 saturated heterocycles. The second-order valence-corrected chi connectivity index (χ2v) is 11.4. The van der Waals surface area contributed by atoms with Crippen LogP contribution in [0.2, 0.25) is 0 Å². The van der Waals surface area contributed by atoms with Gasteiger partial charge in [0.2, 0.25) is 6.79 Å². The number of carbonyl (C=O) groups is 2. The Morgan fingerprint density at radius 3 is 2.57 bits per heavy atom. The van der Waals surface area contributed by atoms with Gasteiger partial charge < -0.3 is 28.4 Å². The number of rotatable bonds is 5. The Bertz CT molecular complexity index is 1160. The van der Waals surface area contributed by atoms with Crippen molar-refractivity contribution in [2.75, 3.05) is 34.1 Å². The molecule has 0 bridgehead atoms. The standard InChI is InChI=1S/C28H35NO8/c1-26(2)8-9-28(37-26,15-22(30)33-4)25(31)36-24-21(32-3)14-27-7-5-10-29(27)11-6-17-12-19-20(35-16-34-19)13-18(17)23(24)27/h12-14,23-24H,5-11,15-16H2,1-4H3/t23-,24-,27-,28-/m1/s1. The van der Waals surface area contributed by atoms with E-state index in [9.17, 15) is 9.59 Å². The summed E-state index contributed by atoms with van der Waals surface area (Å²) < 4.78 is 34.8. The first kappa shape index (κ1) is 24.6. The van der Waals surface area contributed by atoms with Crippen molar-refractivity contribution >= 4 is 11.9 Å². The van der Waals surface area contributed by atoms with Crippen molar-refractivity contribution in [2.45, 2.75) is 81.1 Å². The molecule has 2 fully saturated rings. The fraction of sp³-hybridized carbons (Fsp3) is 0.643. The summed E-state index contributed by atoms with van der Waals surface area (Å²) in [5, 5.41) is 0. The van der Waals surface area contributed by atoms with Gasteiger partial charge in [0.15, 0.2) is 23.2 Å². The molecular formula is C28H35NO8. The average Bonchev–Trinajstić information content (AvgIpc) is 3.62. The summed E-state index contributed by atoms with van der Waals surface area (Å²) in [7, 11) is 2.93. The third kappa shape index (κ3) is 3.81. The second-order valence-electron chi connectivity index (χ2n) is 11.4. The molecule has 9 nitrogen and oxygen atoms in total. The smallest absolute Gasteiger partial charge is 0.339 e. The lowest BCUT2D eigenvalue weighted by molar-refractivity contribution is -0.188. The Morgan fingerprint density at radius 2 is 1.86 bits per heavy atom. The van der Waals surface area contributed by atoms with E-state index in [-0.39, 0.29) is 24.7 Å². The zero-order valence-corrected chi connectivity index (χ0v) is 22.0. The van der Waals surface area contributed by atoms with Crippen molar-refractivity contribution in [1.82, 2.24) is 4.90 Å². The minimum Gasteiger partial charge on any atom is -0.497 e. The van der Waals surface area contributed by atoms with E-state index in [0.717, 1.165) is 49.2 Å². The highest BCUT2D eigenvalue weighted by Crippen LogP contribution is 2.56. The Hall–Kier alpha value is -2.78. The third-order valence-electron chi connectivity index (χ3n) is 8.83. The summed E-state index contributed by atoms with van der Waals surface area (Å²) >= 11 is 0. The van der Waals surface area contributed by atoms with Crippen molar-refractivity contribution in [3.8, 4) is 11.5 Å². The van der Waals surface area contributed by atoms with Gasteiger partial charge in [0, 0.05) is 6.54 Å². The van der Waals surface area contributed by atoms with Crippen LogP contribution < -0.4 is 9.47 Å². The van der Waals surface area contributed by atoms with Crippen LogP contribution in [0.5, 0.6) is 11.5 Å². The number of methoxy groups -OCH3 is 2. The Balaban J connectivity index is 1.41. The molecule has 0 radical (unpaired) electrons. The van der Waals surface area contributed by atoms with Gasteiger partial charge in [-0.15, -0.1) is 0 Å². The SMILES string of the molecule is COC(=O)C[C@@]1(C(=O)O[C@@H]2C(OC)=C[C@@]34CCCN3CCc3cc5c(cc3[C@H]24)OCO5)CCC(C)(C)O1. The normalized spacial score (nSPS) is 33.1. The summed E-state index contributed by atoms with van der Waals surface area (Å²) in [5.41, 5.74) is -0.0375. The zero-order chi connectivity index (χ0) is 26.0. The van der Waals surface area contributed by atoms with Crippen molar-refractivity contribution in [2.24, 2.45) is 0 Å². The quantitative estimate of drug-likeness (QED) is 0.550. The molecule has 4 heterocycles. The monoisotopic (exact) mass is 513 g/mol. The summed E-state index contributed by atoms with van der Waals surface area (Å²) in [6.45, 7) is 5.90. The maximum absolute atomic E-state index is 14.0. The van der Waals surface area contributed by atoms with Crippen LogP contribution in [0.4, 0.5) is 0 Å². The number of fused-ring (bicyclic) bond motifs is 3. The number of hydrogen-bond acceptors (Lipinski definition) is 9. The largest absolute Gasteiger partial charge is 0.497 e. The summed E-state index contributed by atoms with van der Waals surface area (Å²) in [6.07, 6.45) is 5.16. The molecule has 9 heteroatoms. The number of hydrogen-bond donors (Lipinski definition) is 0. The predicted octanol–water partition coefficient (Wildman–Crippen LogP) is 3.24. The van der Waals surface area contributed by atoms with Crippen molar-refractivity contribution in [1.29, 1.82) is 0 Å². The molecular weight excluding hydrogens is 478 g/mol. The molecule has 0 amide bonds. The number of ether oxygens (including phenoxy) is 6. The maximum Gasteiger partial charge on any atom is 0.339 e. The summed E-state index contributed by atoms with van der Waals surface area (Å²) in [4.78, 5) is 28.8. The molecule has 6 rings (SSSR count). The fourth-order valence-electron chi connectivity index (χ4n) is 7.10. The molecule has 4 atom stereocenters. The first-order valence-electron chi connectivity index (χ1n) is 13.1. The van der Waals surface area contributed by atoms with Gasteiger partial charge in [0.25, 0.3) is 0 Å². The molecule has 1 aliphatic carbocycles. The van der Waals surface area contributed by atoms with E-state index in [2.05, 4.69) is 23.1 Å². The van der Waals surface area contributed by atoms with E-state index in [1.807, 2.05) is 13.8 Å². The highest BCUT2D eigenvalue weighted by atomic mass is 16.7. The van der Waals surface area contributed by atoms with Crippen molar-refractivity contribution < 1.29 is 38.0 Å². The maximum atomic E-state index is 14.0. The summed E-state index contributed by atoms with van der Waals surface area (Å²) in [5.74, 6) is 0.838. The molecule has 0 aromatic heterocycles. The van der Waals surface area contributed by atoms with Crippen LogP contribution >= 0.6 is 0 Å². The number of benzene rings is 1. The molecule has 1 aromatic rings. The Morgan fingerprint density at radius 1 is 1.08 bits per heavy atom.